The minimum absolute atomic E-state index is 0.0463. The molecule has 0 atom stereocenters. The number of rotatable bonds is 3. The van der Waals surface area contributed by atoms with Crippen LogP contribution >= 0.6 is 11.3 Å². The van der Waals surface area contributed by atoms with E-state index in [4.69, 9.17) is 0 Å². The van der Waals surface area contributed by atoms with Gasteiger partial charge in [-0.3, -0.25) is 4.79 Å². The summed E-state index contributed by atoms with van der Waals surface area (Å²) < 4.78 is 0. The normalized spacial score (nSPS) is 11.5. The largest absolute Gasteiger partial charge is 0.309 e. The van der Waals surface area contributed by atoms with Gasteiger partial charge >= 0.3 is 0 Å². The maximum absolute atomic E-state index is 11.5. The summed E-state index contributed by atoms with van der Waals surface area (Å²) in [5.41, 5.74) is -0.0463. The first-order chi connectivity index (χ1) is 6.87. The van der Waals surface area contributed by atoms with E-state index >= 15 is 0 Å². The van der Waals surface area contributed by atoms with Gasteiger partial charge in [0.1, 0.15) is 5.82 Å². The third kappa shape index (κ3) is 4.90. The number of aromatic nitrogens is 1. The molecule has 1 amide bonds. The maximum atomic E-state index is 11.5. The van der Waals surface area contributed by atoms with Gasteiger partial charge in [0.05, 0.1) is 11.6 Å². The number of carbonyl (C=O) groups excluding carboxylic acids is 1. The lowest BCUT2D eigenvalue weighted by Gasteiger charge is -2.19. The summed E-state index contributed by atoms with van der Waals surface area (Å²) in [6.07, 6.45) is 0. The Morgan fingerprint density at radius 3 is 2.67 bits per heavy atom. The molecule has 1 heterocycles. The van der Waals surface area contributed by atoms with E-state index < -0.39 is 0 Å². The van der Waals surface area contributed by atoms with Gasteiger partial charge in [-0.1, -0.05) is 0 Å². The number of anilines is 1. The molecule has 0 bridgehead atoms. The van der Waals surface area contributed by atoms with E-state index in [1.54, 1.807) is 0 Å². The van der Waals surface area contributed by atoms with Crippen LogP contribution in [0.1, 0.15) is 25.8 Å². The molecular formula is C10H17N3OS. The van der Waals surface area contributed by atoms with Crippen LogP contribution in [0.5, 0.6) is 0 Å². The number of nitrogens with one attached hydrogen (secondary N) is 2. The zero-order chi connectivity index (χ0) is 11.5. The topological polar surface area (TPSA) is 54.0 Å². The van der Waals surface area contributed by atoms with E-state index in [1.807, 2.05) is 33.1 Å². The highest BCUT2D eigenvalue weighted by molar-refractivity contribution is 7.09. The molecule has 0 aliphatic carbocycles. The van der Waals surface area contributed by atoms with E-state index in [9.17, 15) is 4.79 Å². The van der Waals surface area contributed by atoms with Crippen molar-refractivity contribution in [2.24, 2.45) is 0 Å². The second-order valence-electron chi connectivity index (χ2n) is 4.40. The molecule has 1 aromatic rings. The van der Waals surface area contributed by atoms with Gasteiger partial charge in [0.2, 0.25) is 5.91 Å². The Kier molecular flexibility index (Phi) is 3.82. The van der Waals surface area contributed by atoms with E-state index in [0.717, 1.165) is 5.01 Å². The minimum Gasteiger partial charge on any atom is -0.309 e. The summed E-state index contributed by atoms with van der Waals surface area (Å²) >= 11 is 1.52. The lowest BCUT2D eigenvalue weighted by atomic mass is 10.1. The molecule has 84 valence electrons. The summed E-state index contributed by atoms with van der Waals surface area (Å²) in [6.45, 7) is 8.28. The number of nitrogens with zero attached hydrogens (tertiary/aromatic N) is 1. The molecule has 15 heavy (non-hydrogen) atoms. The maximum Gasteiger partial charge on any atom is 0.239 e. The SMILES string of the molecule is Cc1nc(NC(=O)CNC(C)(C)C)cs1. The van der Waals surface area contributed by atoms with Crippen LogP contribution in [-0.4, -0.2) is 23.0 Å². The van der Waals surface area contributed by atoms with Crippen molar-refractivity contribution in [3.8, 4) is 0 Å². The molecule has 0 saturated heterocycles. The summed E-state index contributed by atoms with van der Waals surface area (Å²) in [5.74, 6) is 0.577. The predicted molar refractivity (Wildman–Crippen MR) is 63.2 cm³/mol. The van der Waals surface area contributed by atoms with Crippen molar-refractivity contribution in [2.75, 3.05) is 11.9 Å². The van der Waals surface area contributed by atoms with E-state index in [1.165, 1.54) is 11.3 Å². The molecular weight excluding hydrogens is 210 g/mol. The molecule has 1 aromatic heterocycles. The van der Waals surface area contributed by atoms with Crippen LogP contribution < -0.4 is 10.6 Å². The van der Waals surface area contributed by atoms with Crippen LogP contribution in [0.3, 0.4) is 0 Å². The van der Waals surface area contributed by atoms with Crippen LogP contribution in [0.15, 0.2) is 5.38 Å². The van der Waals surface area contributed by atoms with Crippen molar-refractivity contribution in [3.63, 3.8) is 0 Å². The summed E-state index contributed by atoms with van der Waals surface area (Å²) in [4.78, 5) is 15.6. The highest BCUT2D eigenvalue weighted by Gasteiger charge is 2.11. The molecule has 0 aliphatic rings. The van der Waals surface area contributed by atoms with Crippen LogP contribution in [0.4, 0.5) is 5.82 Å². The van der Waals surface area contributed by atoms with Gasteiger partial charge in [-0.2, -0.15) is 0 Å². The lowest BCUT2D eigenvalue weighted by molar-refractivity contribution is -0.115. The van der Waals surface area contributed by atoms with Crippen molar-refractivity contribution < 1.29 is 4.79 Å². The first-order valence-corrected chi connectivity index (χ1v) is 5.72. The first-order valence-electron chi connectivity index (χ1n) is 4.84. The van der Waals surface area contributed by atoms with Gasteiger partial charge in [0.25, 0.3) is 0 Å². The van der Waals surface area contributed by atoms with E-state index in [0.29, 0.717) is 12.4 Å². The molecule has 0 unspecified atom stereocenters. The second-order valence-corrected chi connectivity index (χ2v) is 5.47. The minimum atomic E-state index is -0.0600. The fourth-order valence-electron chi connectivity index (χ4n) is 0.953. The highest BCUT2D eigenvalue weighted by atomic mass is 32.1. The van der Waals surface area contributed by atoms with Crippen molar-refractivity contribution in [1.82, 2.24) is 10.3 Å². The van der Waals surface area contributed by atoms with Gasteiger partial charge < -0.3 is 10.6 Å². The average Bonchev–Trinajstić information content (AvgIpc) is 2.47. The monoisotopic (exact) mass is 227 g/mol. The van der Waals surface area contributed by atoms with Crippen molar-refractivity contribution in [3.05, 3.63) is 10.4 Å². The molecule has 4 nitrogen and oxygen atoms in total. The predicted octanol–water partition coefficient (Wildman–Crippen LogP) is 1.78. The van der Waals surface area contributed by atoms with Crippen LogP contribution in [0.25, 0.3) is 0 Å². The van der Waals surface area contributed by atoms with Crippen molar-refractivity contribution in [1.29, 1.82) is 0 Å². The molecule has 0 aliphatic heterocycles. The Balaban J connectivity index is 2.37. The number of aryl methyl sites for hydroxylation is 1. The van der Waals surface area contributed by atoms with Crippen molar-refractivity contribution >= 4 is 23.1 Å². The third-order valence-corrected chi connectivity index (χ3v) is 2.44. The number of carbonyl (C=O) groups is 1. The van der Waals surface area contributed by atoms with Gasteiger partial charge in [-0.05, 0) is 27.7 Å². The van der Waals surface area contributed by atoms with Gasteiger partial charge in [-0.15, -0.1) is 11.3 Å². The number of hydrogen-bond donors (Lipinski definition) is 2. The number of thiazole rings is 1. The average molecular weight is 227 g/mol. The Hall–Kier alpha value is -0.940. The number of amides is 1. The standard InChI is InChI=1S/C10H17N3OS/c1-7-12-8(6-15-7)13-9(14)5-11-10(2,3)4/h6,11H,5H2,1-4H3,(H,13,14). The lowest BCUT2D eigenvalue weighted by Crippen LogP contribution is -2.41. The van der Waals surface area contributed by atoms with E-state index in [-0.39, 0.29) is 11.4 Å². The van der Waals surface area contributed by atoms with Crippen molar-refractivity contribution in [2.45, 2.75) is 33.2 Å². The van der Waals surface area contributed by atoms with Gasteiger partial charge in [0.15, 0.2) is 0 Å². The zero-order valence-electron chi connectivity index (χ0n) is 9.55. The summed E-state index contributed by atoms with van der Waals surface area (Å²) in [7, 11) is 0. The summed E-state index contributed by atoms with van der Waals surface area (Å²) in [6, 6.07) is 0. The van der Waals surface area contributed by atoms with Crippen LogP contribution in [0, 0.1) is 6.92 Å². The molecule has 1 rings (SSSR count). The van der Waals surface area contributed by atoms with Gasteiger partial charge in [0, 0.05) is 10.9 Å². The van der Waals surface area contributed by atoms with Gasteiger partial charge in [-0.25, -0.2) is 4.98 Å². The Morgan fingerprint density at radius 1 is 1.53 bits per heavy atom. The fourth-order valence-corrected chi connectivity index (χ4v) is 1.50. The molecule has 0 saturated carbocycles. The molecule has 5 heteroatoms. The quantitative estimate of drug-likeness (QED) is 0.827. The Bertz CT molecular complexity index is 341. The molecule has 0 fully saturated rings. The highest BCUT2D eigenvalue weighted by Crippen LogP contribution is 2.12. The molecule has 2 N–H and O–H groups in total. The van der Waals surface area contributed by atoms with Crippen LogP contribution in [-0.2, 0) is 4.79 Å². The van der Waals surface area contributed by atoms with Crippen LogP contribution in [0.2, 0.25) is 0 Å². The Labute approximate surface area is 94.1 Å². The molecule has 0 aromatic carbocycles. The first kappa shape index (κ1) is 12.1. The van der Waals surface area contributed by atoms with E-state index in [2.05, 4.69) is 15.6 Å². The second kappa shape index (κ2) is 4.72. The fraction of sp³-hybridized carbons (Fsp3) is 0.600. The Morgan fingerprint density at radius 2 is 2.20 bits per heavy atom. The number of hydrogen-bond acceptors (Lipinski definition) is 4. The smallest absolute Gasteiger partial charge is 0.239 e. The summed E-state index contributed by atoms with van der Waals surface area (Å²) in [5, 5.41) is 8.64. The third-order valence-electron chi connectivity index (χ3n) is 1.67. The zero-order valence-corrected chi connectivity index (χ0v) is 10.4. The molecule has 0 spiro atoms. The molecule has 0 radical (unpaired) electrons.